The summed E-state index contributed by atoms with van der Waals surface area (Å²) in [6.07, 6.45) is -4.95. The summed E-state index contributed by atoms with van der Waals surface area (Å²) in [6.45, 7) is 1.55. The molecule has 19 heavy (non-hydrogen) atoms. The van der Waals surface area contributed by atoms with E-state index in [2.05, 4.69) is 9.47 Å². The van der Waals surface area contributed by atoms with Crippen LogP contribution in [0.2, 0.25) is 0 Å². The predicted molar refractivity (Wildman–Crippen MR) is 58.9 cm³/mol. The molecule has 0 amide bonds. The van der Waals surface area contributed by atoms with Crippen LogP contribution in [0.3, 0.4) is 0 Å². The highest BCUT2D eigenvalue weighted by Gasteiger charge is 2.32. The molecule has 0 bridgehead atoms. The molecule has 1 aromatic carbocycles. The normalized spacial score (nSPS) is 11.1. The van der Waals surface area contributed by atoms with Gasteiger partial charge in [0.2, 0.25) is 0 Å². The lowest BCUT2D eigenvalue weighted by atomic mass is 9.79. The van der Waals surface area contributed by atoms with Crippen LogP contribution in [0.1, 0.15) is 17.3 Å². The fourth-order valence-electron chi connectivity index (χ4n) is 1.30. The molecule has 0 spiro atoms. The van der Waals surface area contributed by atoms with E-state index in [0.717, 1.165) is 18.2 Å². The van der Waals surface area contributed by atoms with Crippen LogP contribution in [-0.4, -0.2) is 36.1 Å². The number of benzene rings is 1. The molecule has 0 saturated heterocycles. The smallest absolute Gasteiger partial charge is 0.462 e. The molecular formula is C10H10BF3O5. The van der Waals surface area contributed by atoms with Gasteiger partial charge in [0.1, 0.15) is 5.75 Å². The second kappa shape index (κ2) is 5.94. The molecule has 0 aliphatic rings. The molecule has 0 aliphatic carbocycles. The number of hydrogen-bond acceptors (Lipinski definition) is 5. The maximum Gasteiger partial charge on any atom is 0.573 e. The van der Waals surface area contributed by atoms with E-state index >= 15 is 0 Å². The fraction of sp³-hybridized carbons (Fsp3) is 0.300. The maximum absolute atomic E-state index is 12.1. The summed E-state index contributed by atoms with van der Waals surface area (Å²) in [5.41, 5.74) is -0.587. The number of hydrogen-bond donors (Lipinski definition) is 2. The van der Waals surface area contributed by atoms with Gasteiger partial charge in [-0.25, -0.2) is 4.79 Å². The van der Waals surface area contributed by atoms with E-state index in [1.165, 1.54) is 6.92 Å². The Bertz CT molecular complexity index is 461. The van der Waals surface area contributed by atoms with Crippen molar-refractivity contribution >= 4 is 18.6 Å². The average Bonchev–Trinajstić information content (AvgIpc) is 2.26. The largest absolute Gasteiger partial charge is 0.573 e. The summed E-state index contributed by atoms with van der Waals surface area (Å²) < 4.78 is 44.5. The fourth-order valence-corrected chi connectivity index (χ4v) is 1.30. The van der Waals surface area contributed by atoms with Gasteiger partial charge >= 0.3 is 19.5 Å². The lowest BCUT2D eigenvalue weighted by Gasteiger charge is -2.12. The van der Waals surface area contributed by atoms with Gasteiger partial charge in [0.15, 0.2) is 0 Å². The van der Waals surface area contributed by atoms with Gasteiger partial charge in [0.25, 0.3) is 0 Å². The molecule has 0 radical (unpaired) electrons. The highest BCUT2D eigenvalue weighted by molar-refractivity contribution is 6.58. The average molecular weight is 278 g/mol. The zero-order valence-electron chi connectivity index (χ0n) is 9.77. The molecule has 0 aliphatic heterocycles. The molecule has 104 valence electrons. The van der Waals surface area contributed by atoms with Gasteiger partial charge in [0.05, 0.1) is 12.2 Å². The summed E-state index contributed by atoms with van der Waals surface area (Å²) in [4.78, 5) is 11.4. The van der Waals surface area contributed by atoms with Crippen LogP contribution in [0, 0.1) is 0 Å². The Morgan fingerprint density at radius 2 is 1.95 bits per heavy atom. The third-order valence-corrected chi connectivity index (χ3v) is 1.97. The van der Waals surface area contributed by atoms with Crippen LogP contribution in [0.15, 0.2) is 18.2 Å². The second-order valence-electron chi connectivity index (χ2n) is 3.43. The van der Waals surface area contributed by atoms with Gasteiger partial charge in [-0.2, -0.15) is 0 Å². The number of esters is 1. The number of ether oxygens (including phenoxy) is 2. The molecule has 5 nitrogen and oxygen atoms in total. The molecule has 0 saturated carbocycles. The minimum absolute atomic E-state index is 0.0280. The van der Waals surface area contributed by atoms with Gasteiger partial charge in [-0.05, 0) is 30.6 Å². The zero-order chi connectivity index (χ0) is 14.6. The molecule has 0 atom stereocenters. The van der Waals surface area contributed by atoms with Crippen molar-refractivity contribution in [3.8, 4) is 5.75 Å². The van der Waals surface area contributed by atoms with Crippen molar-refractivity contribution in [1.82, 2.24) is 0 Å². The minimum atomic E-state index is -4.95. The summed E-state index contributed by atoms with van der Waals surface area (Å²) in [5.74, 6) is -1.63. The predicted octanol–water partition coefficient (Wildman–Crippen LogP) is 0.442. The minimum Gasteiger partial charge on any atom is -0.462 e. The van der Waals surface area contributed by atoms with Crippen LogP contribution in [0.5, 0.6) is 5.75 Å². The Hall–Kier alpha value is -1.74. The Morgan fingerprint density at radius 3 is 2.42 bits per heavy atom. The van der Waals surface area contributed by atoms with Gasteiger partial charge < -0.3 is 19.5 Å². The van der Waals surface area contributed by atoms with E-state index < -0.39 is 25.2 Å². The monoisotopic (exact) mass is 278 g/mol. The van der Waals surface area contributed by atoms with E-state index in [0.29, 0.717) is 0 Å². The second-order valence-corrected chi connectivity index (χ2v) is 3.43. The highest BCUT2D eigenvalue weighted by Crippen LogP contribution is 2.23. The Morgan fingerprint density at radius 1 is 1.32 bits per heavy atom. The van der Waals surface area contributed by atoms with E-state index in [9.17, 15) is 18.0 Å². The van der Waals surface area contributed by atoms with Crippen molar-refractivity contribution < 1.29 is 37.5 Å². The first-order valence-electron chi connectivity index (χ1n) is 5.17. The molecule has 0 fully saturated rings. The van der Waals surface area contributed by atoms with Gasteiger partial charge in [-0.15, -0.1) is 13.2 Å². The van der Waals surface area contributed by atoms with Gasteiger partial charge in [-0.1, -0.05) is 0 Å². The first-order valence-corrected chi connectivity index (χ1v) is 5.17. The molecule has 1 aromatic rings. The molecule has 9 heteroatoms. The van der Waals surface area contributed by atoms with Crippen LogP contribution in [0.25, 0.3) is 0 Å². The molecule has 1 rings (SSSR count). The first kappa shape index (κ1) is 15.3. The van der Waals surface area contributed by atoms with Crippen molar-refractivity contribution in [2.24, 2.45) is 0 Å². The van der Waals surface area contributed by atoms with Crippen LogP contribution in [0.4, 0.5) is 13.2 Å². The van der Waals surface area contributed by atoms with E-state index in [-0.39, 0.29) is 17.6 Å². The Labute approximate surface area is 106 Å². The third-order valence-electron chi connectivity index (χ3n) is 1.97. The zero-order valence-corrected chi connectivity index (χ0v) is 9.77. The Kier molecular flexibility index (Phi) is 4.79. The SMILES string of the molecule is CCOC(=O)c1cc(OC(F)(F)F)cc(B(O)O)c1. The molecule has 0 aromatic heterocycles. The first-order chi connectivity index (χ1) is 8.73. The summed E-state index contributed by atoms with van der Waals surface area (Å²) >= 11 is 0. The van der Waals surface area contributed by atoms with Crippen molar-refractivity contribution in [2.45, 2.75) is 13.3 Å². The maximum atomic E-state index is 12.1. The number of rotatable bonds is 4. The molecule has 0 heterocycles. The number of alkyl halides is 3. The summed E-state index contributed by atoms with van der Waals surface area (Å²) in [7, 11) is -2.04. The Balaban J connectivity index is 3.14. The van der Waals surface area contributed by atoms with Gasteiger partial charge in [-0.3, -0.25) is 0 Å². The molecule has 2 N–H and O–H groups in total. The van der Waals surface area contributed by atoms with Crippen LogP contribution in [-0.2, 0) is 4.74 Å². The number of carbonyl (C=O) groups excluding carboxylic acids is 1. The summed E-state index contributed by atoms with van der Waals surface area (Å²) in [6, 6.07) is 2.57. The highest BCUT2D eigenvalue weighted by atomic mass is 19.4. The van der Waals surface area contributed by atoms with Crippen molar-refractivity contribution in [3.63, 3.8) is 0 Å². The van der Waals surface area contributed by atoms with E-state index in [1.807, 2.05) is 0 Å². The van der Waals surface area contributed by atoms with Crippen molar-refractivity contribution in [1.29, 1.82) is 0 Å². The standard InChI is InChI=1S/C10H10BF3O5/c1-2-18-9(15)6-3-7(11(16)17)5-8(4-6)19-10(12,13)14/h3-5,16-17H,2H2,1H3. The molecular weight excluding hydrogens is 268 g/mol. The van der Waals surface area contributed by atoms with E-state index in [4.69, 9.17) is 10.0 Å². The van der Waals surface area contributed by atoms with Crippen LogP contribution >= 0.6 is 0 Å². The number of carbonyl (C=O) groups is 1. The lowest BCUT2D eigenvalue weighted by Crippen LogP contribution is -2.31. The van der Waals surface area contributed by atoms with Gasteiger partial charge in [0, 0.05) is 0 Å². The topological polar surface area (TPSA) is 76.0 Å². The van der Waals surface area contributed by atoms with E-state index in [1.54, 1.807) is 0 Å². The lowest BCUT2D eigenvalue weighted by molar-refractivity contribution is -0.274. The quantitative estimate of drug-likeness (QED) is 0.617. The third kappa shape index (κ3) is 4.80. The number of halogens is 3. The van der Waals surface area contributed by atoms with Crippen LogP contribution < -0.4 is 10.2 Å². The van der Waals surface area contributed by atoms with Crippen molar-refractivity contribution in [3.05, 3.63) is 23.8 Å². The van der Waals surface area contributed by atoms with Crippen molar-refractivity contribution in [2.75, 3.05) is 6.61 Å². The molecule has 0 unspecified atom stereocenters. The summed E-state index contributed by atoms with van der Waals surface area (Å²) in [5, 5.41) is 17.9.